The van der Waals surface area contributed by atoms with Crippen LogP contribution in [0.4, 0.5) is 0 Å². The minimum absolute atomic E-state index is 0.168. The van der Waals surface area contributed by atoms with Crippen molar-refractivity contribution in [2.45, 2.75) is 70.2 Å². The monoisotopic (exact) mass is 298 g/mol. The van der Waals surface area contributed by atoms with Crippen LogP contribution in [0.3, 0.4) is 0 Å². The summed E-state index contributed by atoms with van der Waals surface area (Å²) in [7, 11) is 1.47. The second kappa shape index (κ2) is 7.07. The number of morpholine rings is 1. The molecule has 2 aliphatic heterocycles. The summed E-state index contributed by atoms with van der Waals surface area (Å²) < 4.78 is 10.9. The Labute approximate surface area is 128 Å². The van der Waals surface area contributed by atoms with Crippen LogP contribution in [0.15, 0.2) is 0 Å². The highest BCUT2D eigenvalue weighted by molar-refractivity contribution is 5.80. The first-order valence-electron chi connectivity index (χ1n) is 8.21. The molecule has 0 aromatic rings. The van der Waals surface area contributed by atoms with Crippen molar-refractivity contribution < 1.29 is 14.3 Å². The quantitative estimate of drug-likeness (QED) is 0.723. The van der Waals surface area contributed by atoms with Crippen LogP contribution in [0.1, 0.15) is 46.5 Å². The Morgan fingerprint density at radius 1 is 1.43 bits per heavy atom. The number of nitrogens with zero attached hydrogens (tertiary/aromatic N) is 1. The summed E-state index contributed by atoms with van der Waals surface area (Å²) in [4.78, 5) is 14.6. The summed E-state index contributed by atoms with van der Waals surface area (Å²) in [5.41, 5.74) is -0.610. The molecule has 0 radical (unpaired) electrons. The van der Waals surface area contributed by atoms with Crippen LogP contribution in [0.5, 0.6) is 0 Å². The molecule has 21 heavy (non-hydrogen) atoms. The summed E-state index contributed by atoms with van der Waals surface area (Å²) in [5, 5.41) is 3.37. The fraction of sp³-hybridized carbons (Fsp3) is 0.938. The Bertz CT molecular complexity index is 351. The Morgan fingerprint density at radius 2 is 2.05 bits per heavy atom. The highest BCUT2D eigenvalue weighted by Crippen LogP contribution is 2.29. The van der Waals surface area contributed by atoms with E-state index in [9.17, 15) is 4.79 Å². The minimum Gasteiger partial charge on any atom is -0.468 e. The van der Waals surface area contributed by atoms with Crippen LogP contribution < -0.4 is 5.32 Å². The van der Waals surface area contributed by atoms with E-state index in [-0.39, 0.29) is 5.97 Å². The van der Waals surface area contributed by atoms with E-state index < -0.39 is 5.54 Å². The second-order valence-corrected chi connectivity index (χ2v) is 6.71. The van der Waals surface area contributed by atoms with Crippen molar-refractivity contribution in [2.24, 2.45) is 0 Å². The molecule has 0 amide bonds. The number of carbonyl (C=O) groups excluding carboxylic acids is 1. The lowest BCUT2D eigenvalue weighted by Crippen LogP contribution is -2.56. The molecule has 122 valence electrons. The molecule has 2 rings (SSSR count). The van der Waals surface area contributed by atoms with Crippen molar-refractivity contribution >= 4 is 5.97 Å². The van der Waals surface area contributed by atoms with Crippen LogP contribution in [0, 0.1) is 0 Å². The topological polar surface area (TPSA) is 50.8 Å². The highest BCUT2D eigenvalue weighted by atomic mass is 16.5. The van der Waals surface area contributed by atoms with Gasteiger partial charge < -0.3 is 14.8 Å². The molecule has 0 aromatic carbocycles. The van der Waals surface area contributed by atoms with Gasteiger partial charge in [0.1, 0.15) is 5.54 Å². The molecule has 4 unspecified atom stereocenters. The number of methoxy groups -OCH3 is 1. The number of nitrogens with one attached hydrogen (secondary N) is 1. The van der Waals surface area contributed by atoms with Gasteiger partial charge in [-0.3, -0.25) is 9.69 Å². The molecule has 5 heteroatoms. The van der Waals surface area contributed by atoms with E-state index in [4.69, 9.17) is 9.47 Å². The number of rotatable bonds is 7. The van der Waals surface area contributed by atoms with Gasteiger partial charge in [0.2, 0.25) is 0 Å². The third-order valence-corrected chi connectivity index (χ3v) is 4.80. The molecule has 0 saturated carbocycles. The van der Waals surface area contributed by atoms with Crippen molar-refractivity contribution in [3.05, 3.63) is 0 Å². The summed E-state index contributed by atoms with van der Waals surface area (Å²) in [6.45, 7) is 9.07. The Hall–Kier alpha value is -0.650. The Kier molecular flexibility index (Phi) is 5.63. The molecule has 2 bridgehead atoms. The van der Waals surface area contributed by atoms with E-state index in [1.807, 2.05) is 6.92 Å². The average molecular weight is 298 g/mol. The Balaban J connectivity index is 1.96. The van der Waals surface area contributed by atoms with Gasteiger partial charge in [-0.25, -0.2) is 0 Å². The fourth-order valence-electron chi connectivity index (χ4n) is 3.58. The number of ether oxygens (including phenoxy) is 2. The van der Waals surface area contributed by atoms with E-state index >= 15 is 0 Å². The second-order valence-electron chi connectivity index (χ2n) is 6.71. The van der Waals surface area contributed by atoms with E-state index in [1.54, 1.807) is 0 Å². The van der Waals surface area contributed by atoms with Crippen molar-refractivity contribution in [1.82, 2.24) is 10.2 Å². The van der Waals surface area contributed by atoms with Crippen molar-refractivity contribution in [3.8, 4) is 0 Å². The lowest BCUT2D eigenvalue weighted by molar-refractivity contribution is -0.149. The van der Waals surface area contributed by atoms with Gasteiger partial charge in [0, 0.05) is 19.1 Å². The number of hydrogen-bond acceptors (Lipinski definition) is 5. The molecular formula is C16H30N2O3. The van der Waals surface area contributed by atoms with Gasteiger partial charge in [-0.05, 0) is 46.1 Å². The number of likely N-dealkylation sites (tertiary alicyclic amines) is 1. The smallest absolute Gasteiger partial charge is 0.325 e. The van der Waals surface area contributed by atoms with Crippen LogP contribution in [-0.2, 0) is 14.3 Å². The van der Waals surface area contributed by atoms with E-state index in [2.05, 4.69) is 24.1 Å². The number of hydrogen-bond donors (Lipinski definition) is 1. The normalized spacial score (nSPS) is 29.9. The van der Waals surface area contributed by atoms with Crippen molar-refractivity contribution in [3.63, 3.8) is 0 Å². The number of carbonyl (C=O) groups is 1. The van der Waals surface area contributed by atoms with Crippen molar-refractivity contribution in [1.29, 1.82) is 0 Å². The number of fused-ring (bicyclic) bond motifs is 2. The first-order chi connectivity index (χ1) is 9.98. The Morgan fingerprint density at radius 3 is 2.57 bits per heavy atom. The molecule has 0 spiro atoms. The van der Waals surface area contributed by atoms with Gasteiger partial charge in [0.25, 0.3) is 0 Å². The lowest BCUT2D eigenvalue weighted by atomic mass is 9.92. The molecular weight excluding hydrogens is 268 g/mol. The summed E-state index contributed by atoms with van der Waals surface area (Å²) in [5.74, 6) is -0.168. The average Bonchev–Trinajstić information content (AvgIpc) is 2.82. The lowest BCUT2D eigenvalue weighted by Gasteiger charge is -2.40. The van der Waals surface area contributed by atoms with Gasteiger partial charge in [-0.2, -0.15) is 0 Å². The van der Waals surface area contributed by atoms with Crippen LogP contribution in [0.25, 0.3) is 0 Å². The molecule has 2 fully saturated rings. The number of esters is 1. The van der Waals surface area contributed by atoms with Crippen molar-refractivity contribution in [2.75, 3.05) is 26.7 Å². The first kappa shape index (κ1) is 16.7. The zero-order valence-corrected chi connectivity index (χ0v) is 13.9. The van der Waals surface area contributed by atoms with Crippen LogP contribution >= 0.6 is 0 Å². The third kappa shape index (κ3) is 3.96. The zero-order chi connectivity index (χ0) is 15.5. The van der Waals surface area contributed by atoms with Gasteiger partial charge >= 0.3 is 5.97 Å². The highest BCUT2D eigenvalue weighted by Gasteiger charge is 2.40. The van der Waals surface area contributed by atoms with E-state index in [0.29, 0.717) is 18.2 Å². The molecule has 0 aromatic heterocycles. The molecule has 2 saturated heterocycles. The summed E-state index contributed by atoms with van der Waals surface area (Å²) in [6.07, 6.45) is 4.90. The van der Waals surface area contributed by atoms with Gasteiger partial charge in [-0.1, -0.05) is 6.92 Å². The molecule has 1 N–H and O–H groups in total. The summed E-state index contributed by atoms with van der Waals surface area (Å²) >= 11 is 0. The maximum Gasteiger partial charge on any atom is 0.325 e. The molecule has 0 aliphatic carbocycles. The largest absolute Gasteiger partial charge is 0.468 e. The van der Waals surface area contributed by atoms with Gasteiger partial charge in [0.15, 0.2) is 0 Å². The van der Waals surface area contributed by atoms with E-state index in [0.717, 1.165) is 32.5 Å². The van der Waals surface area contributed by atoms with Crippen LogP contribution in [-0.4, -0.2) is 61.4 Å². The SMILES string of the molecule is CCCNC(C)(CC(C)N1CC2CCC(C1)O2)C(=O)OC. The van der Waals surface area contributed by atoms with Gasteiger partial charge in [0.05, 0.1) is 19.3 Å². The zero-order valence-electron chi connectivity index (χ0n) is 13.9. The third-order valence-electron chi connectivity index (χ3n) is 4.80. The standard InChI is InChI=1S/C16H30N2O3/c1-5-8-17-16(3,15(19)20-4)9-12(2)18-10-13-6-7-14(11-18)21-13/h12-14,17H,5-11H2,1-4H3. The first-order valence-corrected chi connectivity index (χ1v) is 8.21. The van der Waals surface area contributed by atoms with Crippen LogP contribution in [0.2, 0.25) is 0 Å². The molecule has 2 heterocycles. The van der Waals surface area contributed by atoms with Gasteiger partial charge in [-0.15, -0.1) is 0 Å². The minimum atomic E-state index is -0.610. The maximum absolute atomic E-state index is 12.2. The predicted octanol–water partition coefficient (Wildman–Crippen LogP) is 1.56. The molecule has 5 nitrogen and oxygen atoms in total. The summed E-state index contributed by atoms with van der Waals surface area (Å²) in [6, 6.07) is 0.338. The predicted molar refractivity (Wildman–Crippen MR) is 82.3 cm³/mol. The molecule has 2 aliphatic rings. The van der Waals surface area contributed by atoms with E-state index in [1.165, 1.54) is 20.0 Å². The maximum atomic E-state index is 12.2. The molecule has 4 atom stereocenters. The fourth-order valence-corrected chi connectivity index (χ4v) is 3.58.